The molecule has 12 rings (SSSR count). The molecular formula is C52H32N2O2. The molecule has 4 heteroatoms. The van der Waals surface area contributed by atoms with Crippen molar-refractivity contribution >= 4 is 93.5 Å². The van der Waals surface area contributed by atoms with Crippen molar-refractivity contribution in [3.63, 3.8) is 0 Å². The van der Waals surface area contributed by atoms with E-state index in [1.807, 2.05) is 12.1 Å². The van der Waals surface area contributed by atoms with E-state index in [2.05, 4.69) is 191 Å². The Hall–Kier alpha value is -7.56. The van der Waals surface area contributed by atoms with Crippen LogP contribution in [0.4, 0.5) is 17.1 Å². The minimum atomic E-state index is 0.853. The van der Waals surface area contributed by atoms with Crippen LogP contribution in [0.1, 0.15) is 0 Å². The minimum absolute atomic E-state index is 0.853. The molecule has 0 saturated heterocycles. The molecular weight excluding hydrogens is 685 g/mol. The van der Waals surface area contributed by atoms with Crippen LogP contribution in [0.25, 0.3) is 93.3 Å². The topological polar surface area (TPSA) is 34.5 Å². The molecule has 0 fully saturated rings. The van der Waals surface area contributed by atoms with Gasteiger partial charge in [0.25, 0.3) is 0 Å². The summed E-state index contributed by atoms with van der Waals surface area (Å²) in [4.78, 5) is 2.36. The van der Waals surface area contributed by atoms with E-state index in [4.69, 9.17) is 8.83 Å². The van der Waals surface area contributed by atoms with Crippen LogP contribution >= 0.6 is 0 Å². The second-order valence-electron chi connectivity index (χ2n) is 14.5. The van der Waals surface area contributed by atoms with Gasteiger partial charge in [-0.05, 0) is 83.2 Å². The third kappa shape index (κ3) is 4.53. The Balaban J connectivity index is 1.07. The lowest BCUT2D eigenvalue weighted by Gasteiger charge is -2.28. The number of hydrogen-bond acceptors (Lipinski definition) is 3. The number of benzene rings is 9. The van der Waals surface area contributed by atoms with Gasteiger partial charge in [-0.25, -0.2) is 0 Å². The van der Waals surface area contributed by atoms with Crippen molar-refractivity contribution in [2.24, 2.45) is 0 Å². The highest BCUT2D eigenvalue weighted by Gasteiger charge is 2.22. The lowest BCUT2D eigenvalue weighted by atomic mass is 9.98. The predicted octanol–water partition coefficient (Wildman–Crippen LogP) is 14.9. The van der Waals surface area contributed by atoms with Gasteiger partial charge >= 0.3 is 0 Å². The number of aromatic nitrogens is 1. The van der Waals surface area contributed by atoms with Gasteiger partial charge in [-0.3, -0.25) is 0 Å². The van der Waals surface area contributed by atoms with Crippen molar-refractivity contribution in [2.45, 2.75) is 0 Å². The van der Waals surface area contributed by atoms with Crippen LogP contribution in [0.3, 0.4) is 0 Å². The van der Waals surface area contributed by atoms with E-state index in [9.17, 15) is 0 Å². The molecule has 3 heterocycles. The number of para-hydroxylation sites is 5. The van der Waals surface area contributed by atoms with Gasteiger partial charge in [-0.2, -0.15) is 0 Å². The van der Waals surface area contributed by atoms with Gasteiger partial charge in [0, 0.05) is 55.1 Å². The van der Waals surface area contributed by atoms with E-state index in [0.29, 0.717) is 0 Å². The normalized spacial score (nSPS) is 11.9. The van der Waals surface area contributed by atoms with E-state index in [1.165, 1.54) is 16.2 Å². The third-order valence-corrected chi connectivity index (χ3v) is 11.4. The summed E-state index contributed by atoms with van der Waals surface area (Å²) in [5.41, 5.74) is 12.3. The maximum atomic E-state index is 6.55. The molecule has 3 aromatic heterocycles. The van der Waals surface area contributed by atoms with E-state index in [0.717, 1.165) is 94.2 Å². The fourth-order valence-electron chi connectivity index (χ4n) is 8.89. The molecule has 0 N–H and O–H groups in total. The van der Waals surface area contributed by atoms with Crippen molar-refractivity contribution in [1.82, 2.24) is 4.57 Å². The first-order chi connectivity index (χ1) is 27.8. The second kappa shape index (κ2) is 12.0. The number of furan rings is 2. The molecule has 0 aliphatic carbocycles. The molecule has 0 spiro atoms. The summed E-state index contributed by atoms with van der Waals surface area (Å²) in [7, 11) is 0. The molecule has 12 aromatic rings. The van der Waals surface area contributed by atoms with E-state index >= 15 is 0 Å². The van der Waals surface area contributed by atoms with Gasteiger partial charge < -0.3 is 18.3 Å². The minimum Gasteiger partial charge on any atom is -0.456 e. The molecule has 0 aliphatic heterocycles. The fourth-order valence-corrected chi connectivity index (χ4v) is 8.89. The lowest BCUT2D eigenvalue weighted by molar-refractivity contribution is 0.669. The van der Waals surface area contributed by atoms with Crippen molar-refractivity contribution in [3.8, 4) is 16.8 Å². The Morgan fingerprint density at radius 3 is 1.84 bits per heavy atom. The predicted molar refractivity (Wildman–Crippen MR) is 233 cm³/mol. The fraction of sp³-hybridized carbons (Fsp3) is 0. The molecule has 0 atom stereocenters. The first kappa shape index (κ1) is 30.9. The van der Waals surface area contributed by atoms with E-state index in [-0.39, 0.29) is 0 Å². The monoisotopic (exact) mass is 716 g/mol. The number of rotatable bonds is 5. The summed E-state index contributed by atoms with van der Waals surface area (Å²) < 4.78 is 15.4. The quantitative estimate of drug-likeness (QED) is 0.178. The summed E-state index contributed by atoms with van der Waals surface area (Å²) in [6, 6.07) is 69.0. The van der Waals surface area contributed by atoms with Gasteiger partial charge in [-0.15, -0.1) is 0 Å². The van der Waals surface area contributed by atoms with Crippen LogP contribution in [-0.4, -0.2) is 4.57 Å². The summed E-state index contributed by atoms with van der Waals surface area (Å²) in [5, 5.41) is 9.23. The van der Waals surface area contributed by atoms with Gasteiger partial charge in [0.15, 0.2) is 0 Å². The molecule has 262 valence electrons. The first-order valence-electron chi connectivity index (χ1n) is 19.0. The van der Waals surface area contributed by atoms with E-state index in [1.54, 1.807) is 0 Å². The molecule has 0 saturated carbocycles. The Labute approximate surface area is 321 Å². The van der Waals surface area contributed by atoms with Gasteiger partial charge in [-0.1, -0.05) is 121 Å². The molecule has 0 aliphatic rings. The summed E-state index contributed by atoms with van der Waals surface area (Å²) in [6.07, 6.45) is 0. The zero-order valence-corrected chi connectivity index (χ0v) is 30.2. The number of nitrogens with zero attached hydrogens (tertiary/aromatic N) is 2. The van der Waals surface area contributed by atoms with Crippen LogP contribution in [0, 0.1) is 0 Å². The van der Waals surface area contributed by atoms with Crippen molar-refractivity contribution in [2.75, 3.05) is 4.90 Å². The Kier molecular flexibility index (Phi) is 6.60. The summed E-state index contributed by atoms with van der Waals surface area (Å²) >= 11 is 0. The van der Waals surface area contributed by atoms with Crippen molar-refractivity contribution < 1.29 is 8.83 Å². The lowest BCUT2D eigenvalue weighted by Crippen LogP contribution is -2.13. The molecule has 4 nitrogen and oxygen atoms in total. The Morgan fingerprint density at radius 1 is 0.393 bits per heavy atom. The molecule has 56 heavy (non-hydrogen) atoms. The highest BCUT2D eigenvalue weighted by molar-refractivity contribution is 6.19. The van der Waals surface area contributed by atoms with Crippen LogP contribution in [-0.2, 0) is 0 Å². The molecule has 0 bridgehead atoms. The maximum Gasteiger partial charge on any atom is 0.143 e. The maximum absolute atomic E-state index is 6.55. The molecule has 0 unspecified atom stereocenters. The van der Waals surface area contributed by atoms with Gasteiger partial charge in [0.2, 0.25) is 0 Å². The van der Waals surface area contributed by atoms with E-state index < -0.39 is 0 Å². The number of hydrogen-bond donors (Lipinski definition) is 0. The summed E-state index contributed by atoms with van der Waals surface area (Å²) in [5.74, 6) is 0. The zero-order valence-electron chi connectivity index (χ0n) is 30.2. The van der Waals surface area contributed by atoms with Crippen molar-refractivity contribution in [1.29, 1.82) is 0 Å². The van der Waals surface area contributed by atoms with Gasteiger partial charge in [0.05, 0.1) is 22.4 Å². The molecule has 0 amide bonds. The van der Waals surface area contributed by atoms with Crippen molar-refractivity contribution in [3.05, 3.63) is 194 Å². The summed E-state index contributed by atoms with van der Waals surface area (Å²) in [6.45, 7) is 0. The average molecular weight is 717 g/mol. The average Bonchev–Trinajstić information content (AvgIpc) is 3.94. The molecule has 0 radical (unpaired) electrons. The standard InChI is InChI=1S/C52H32N2O2/c1-2-13-38-33(12-1)26-30-43-51-37(17-11-23-49(51)56-52(38)43)34-24-27-35(28-25-34)53(36-29-31-42-41-16-5-10-22-48(41)55-50(42)32-36)46-20-8-9-21-47(46)54-44-18-6-3-14-39(44)40-15-4-7-19-45(40)54/h1-32H. The SMILES string of the molecule is c1ccc(-n2c3ccccc3c3ccccc32)c(N(c2ccc(-c3cccc4oc5c6ccccc6ccc5c34)cc2)c2ccc3c(c2)oc2ccccc23)c1. The Morgan fingerprint density at radius 2 is 1.02 bits per heavy atom. The smallest absolute Gasteiger partial charge is 0.143 e. The zero-order chi connectivity index (χ0) is 36.7. The van der Waals surface area contributed by atoms with Crippen LogP contribution in [0.2, 0.25) is 0 Å². The van der Waals surface area contributed by atoms with Crippen LogP contribution < -0.4 is 4.90 Å². The number of anilines is 3. The van der Waals surface area contributed by atoms with Crippen LogP contribution in [0.15, 0.2) is 203 Å². The highest BCUT2D eigenvalue weighted by atomic mass is 16.3. The third-order valence-electron chi connectivity index (χ3n) is 11.4. The van der Waals surface area contributed by atoms with Crippen LogP contribution in [0.5, 0.6) is 0 Å². The van der Waals surface area contributed by atoms with Gasteiger partial charge in [0.1, 0.15) is 22.3 Å². The number of fused-ring (bicyclic) bond motifs is 11. The molecule has 9 aromatic carbocycles. The Bertz CT molecular complexity index is 3440. The largest absolute Gasteiger partial charge is 0.456 e. The highest BCUT2D eigenvalue weighted by Crippen LogP contribution is 2.45. The first-order valence-corrected chi connectivity index (χ1v) is 19.0. The second-order valence-corrected chi connectivity index (χ2v) is 14.5.